The molecule has 0 spiro atoms. The Kier molecular flexibility index (Phi) is 3.61. The van der Waals surface area contributed by atoms with Crippen LogP contribution >= 0.6 is 0 Å². The number of hydrogen-bond donors (Lipinski definition) is 2. The molecule has 19 heavy (non-hydrogen) atoms. The average molecular weight is 260 g/mol. The number of aromatic hydroxyl groups is 1. The molecular formula is C13H12N2O4. The largest absolute Gasteiger partial charge is 0.505 e. The zero-order chi connectivity index (χ0) is 13.8. The van der Waals surface area contributed by atoms with Crippen LogP contribution in [0, 0.1) is 0 Å². The molecule has 2 aromatic rings. The molecular weight excluding hydrogens is 248 g/mol. The van der Waals surface area contributed by atoms with Gasteiger partial charge < -0.3 is 9.84 Å². The molecule has 1 aromatic heterocycles. The van der Waals surface area contributed by atoms with Gasteiger partial charge in [0.1, 0.15) is 5.69 Å². The highest BCUT2D eigenvalue weighted by Gasteiger charge is 2.22. The fourth-order valence-corrected chi connectivity index (χ4v) is 1.63. The number of ether oxygens (including phenoxy) is 1. The van der Waals surface area contributed by atoms with Gasteiger partial charge in [-0.05, 0) is 6.92 Å². The summed E-state index contributed by atoms with van der Waals surface area (Å²) in [6.07, 6.45) is 0. The first kappa shape index (κ1) is 12.8. The smallest absolute Gasteiger partial charge is 0.347 e. The first-order valence-corrected chi connectivity index (χ1v) is 5.69. The molecule has 2 rings (SSSR count). The number of nitrogens with one attached hydrogen (secondary N) is 1. The molecule has 0 unspecified atom stereocenters. The van der Waals surface area contributed by atoms with Crippen molar-refractivity contribution in [2.24, 2.45) is 0 Å². The van der Waals surface area contributed by atoms with E-state index >= 15 is 0 Å². The SMILES string of the molecule is CCOC(=O)c1c(O)c(-c2ccccc2)n[nH]c1=O. The Morgan fingerprint density at radius 1 is 1.37 bits per heavy atom. The van der Waals surface area contributed by atoms with Gasteiger partial charge in [0.25, 0.3) is 5.56 Å². The van der Waals surface area contributed by atoms with Crippen LogP contribution in [0.3, 0.4) is 0 Å². The molecule has 0 atom stereocenters. The van der Waals surface area contributed by atoms with Crippen LogP contribution in [0.5, 0.6) is 5.75 Å². The van der Waals surface area contributed by atoms with Crippen LogP contribution in [0.1, 0.15) is 17.3 Å². The minimum absolute atomic E-state index is 0.112. The quantitative estimate of drug-likeness (QED) is 0.812. The number of nitrogens with zero attached hydrogens (tertiary/aromatic N) is 1. The van der Waals surface area contributed by atoms with E-state index in [4.69, 9.17) is 4.74 Å². The van der Waals surface area contributed by atoms with E-state index in [1.165, 1.54) is 0 Å². The minimum atomic E-state index is -0.874. The lowest BCUT2D eigenvalue weighted by Crippen LogP contribution is -2.21. The van der Waals surface area contributed by atoms with Gasteiger partial charge in [-0.1, -0.05) is 30.3 Å². The lowest BCUT2D eigenvalue weighted by Gasteiger charge is -2.07. The Morgan fingerprint density at radius 2 is 2.05 bits per heavy atom. The van der Waals surface area contributed by atoms with Crippen molar-refractivity contribution in [3.05, 3.63) is 46.2 Å². The van der Waals surface area contributed by atoms with Gasteiger partial charge >= 0.3 is 5.97 Å². The van der Waals surface area contributed by atoms with Gasteiger partial charge in [-0.25, -0.2) is 9.89 Å². The van der Waals surface area contributed by atoms with Crippen LogP contribution in [-0.2, 0) is 4.74 Å². The molecule has 0 saturated heterocycles. The predicted molar refractivity (Wildman–Crippen MR) is 67.9 cm³/mol. The number of carbonyl (C=O) groups is 1. The summed E-state index contributed by atoms with van der Waals surface area (Å²) in [5, 5.41) is 16.0. The third-order valence-corrected chi connectivity index (χ3v) is 2.48. The van der Waals surface area contributed by atoms with E-state index in [-0.39, 0.29) is 12.3 Å². The number of carbonyl (C=O) groups excluding carboxylic acids is 1. The molecule has 0 aliphatic heterocycles. The fourth-order valence-electron chi connectivity index (χ4n) is 1.63. The van der Waals surface area contributed by atoms with Gasteiger partial charge in [0.15, 0.2) is 11.3 Å². The Balaban J connectivity index is 2.58. The van der Waals surface area contributed by atoms with Crippen molar-refractivity contribution in [3.8, 4) is 17.0 Å². The van der Waals surface area contributed by atoms with Crippen molar-refractivity contribution >= 4 is 5.97 Å². The average Bonchev–Trinajstić information content (AvgIpc) is 2.40. The lowest BCUT2D eigenvalue weighted by atomic mass is 10.1. The highest BCUT2D eigenvalue weighted by Crippen LogP contribution is 2.27. The van der Waals surface area contributed by atoms with Gasteiger partial charge in [0, 0.05) is 5.56 Å². The second-order valence-electron chi connectivity index (χ2n) is 3.71. The van der Waals surface area contributed by atoms with Crippen molar-refractivity contribution in [3.63, 3.8) is 0 Å². The summed E-state index contributed by atoms with van der Waals surface area (Å²) in [5.74, 6) is -1.35. The highest BCUT2D eigenvalue weighted by molar-refractivity contribution is 5.94. The number of rotatable bonds is 3. The number of aromatic amines is 1. The zero-order valence-electron chi connectivity index (χ0n) is 10.2. The maximum atomic E-state index is 11.6. The van der Waals surface area contributed by atoms with Gasteiger partial charge in [0.05, 0.1) is 6.61 Å². The molecule has 0 aliphatic rings. The first-order chi connectivity index (χ1) is 9.15. The van der Waals surface area contributed by atoms with E-state index < -0.39 is 22.8 Å². The molecule has 2 N–H and O–H groups in total. The van der Waals surface area contributed by atoms with Crippen LogP contribution < -0.4 is 5.56 Å². The minimum Gasteiger partial charge on any atom is -0.505 e. The molecule has 0 aliphatic carbocycles. The second kappa shape index (κ2) is 5.34. The summed E-state index contributed by atoms with van der Waals surface area (Å²) < 4.78 is 4.73. The van der Waals surface area contributed by atoms with Crippen LogP contribution in [0.25, 0.3) is 11.3 Å². The first-order valence-electron chi connectivity index (χ1n) is 5.69. The van der Waals surface area contributed by atoms with E-state index in [1.807, 2.05) is 0 Å². The summed E-state index contributed by atoms with van der Waals surface area (Å²) >= 11 is 0. The summed E-state index contributed by atoms with van der Waals surface area (Å²) in [6.45, 7) is 1.73. The van der Waals surface area contributed by atoms with Gasteiger partial charge in [0.2, 0.25) is 0 Å². The normalized spacial score (nSPS) is 10.2. The summed E-state index contributed by atoms with van der Waals surface area (Å²) in [7, 11) is 0. The maximum absolute atomic E-state index is 11.6. The van der Waals surface area contributed by atoms with Crippen molar-refractivity contribution in [2.75, 3.05) is 6.61 Å². The lowest BCUT2D eigenvalue weighted by molar-refractivity contribution is 0.0520. The molecule has 6 heteroatoms. The fraction of sp³-hybridized carbons (Fsp3) is 0.154. The zero-order valence-corrected chi connectivity index (χ0v) is 10.2. The Labute approximate surface area is 108 Å². The maximum Gasteiger partial charge on any atom is 0.347 e. The van der Waals surface area contributed by atoms with E-state index in [2.05, 4.69) is 10.2 Å². The predicted octanol–water partition coefficient (Wildman–Crippen LogP) is 1.32. The number of esters is 1. The van der Waals surface area contributed by atoms with E-state index in [0.717, 1.165) is 0 Å². The highest BCUT2D eigenvalue weighted by atomic mass is 16.5. The molecule has 0 radical (unpaired) electrons. The molecule has 0 saturated carbocycles. The third kappa shape index (κ3) is 2.47. The van der Waals surface area contributed by atoms with Gasteiger partial charge in [-0.2, -0.15) is 5.10 Å². The van der Waals surface area contributed by atoms with Crippen LogP contribution in [0.4, 0.5) is 0 Å². The number of hydrogen-bond acceptors (Lipinski definition) is 5. The summed E-state index contributed by atoms with van der Waals surface area (Å²) in [5.41, 5.74) is -0.503. The molecule has 6 nitrogen and oxygen atoms in total. The monoisotopic (exact) mass is 260 g/mol. The molecule has 98 valence electrons. The van der Waals surface area contributed by atoms with Crippen molar-refractivity contribution in [1.82, 2.24) is 10.2 Å². The van der Waals surface area contributed by atoms with Crippen LogP contribution in [-0.4, -0.2) is 27.9 Å². The summed E-state index contributed by atoms with van der Waals surface area (Å²) in [6, 6.07) is 8.72. The van der Waals surface area contributed by atoms with Crippen LogP contribution in [0.2, 0.25) is 0 Å². The molecule has 1 aromatic carbocycles. The Hall–Kier alpha value is -2.63. The van der Waals surface area contributed by atoms with Gasteiger partial charge in [-0.3, -0.25) is 4.79 Å². The Morgan fingerprint density at radius 3 is 2.68 bits per heavy atom. The molecule has 0 fully saturated rings. The van der Waals surface area contributed by atoms with Crippen LogP contribution in [0.15, 0.2) is 35.1 Å². The number of aromatic nitrogens is 2. The second-order valence-corrected chi connectivity index (χ2v) is 3.71. The van der Waals surface area contributed by atoms with E-state index in [0.29, 0.717) is 5.56 Å². The van der Waals surface area contributed by atoms with Crippen molar-refractivity contribution in [2.45, 2.75) is 6.92 Å². The topological polar surface area (TPSA) is 92.3 Å². The van der Waals surface area contributed by atoms with Crippen molar-refractivity contribution < 1.29 is 14.6 Å². The summed E-state index contributed by atoms with van der Waals surface area (Å²) in [4.78, 5) is 23.2. The van der Waals surface area contributed by atoms with Crippen molar-refractivity contribution in [1.29, 1.82) is 0 Å². The van der Waals surface area contributed by atoms with E-state index in [1.54, 1.807) is 37.3 Å². The third-order valence-electron chi connectivity index (χ3n) is 2.48. The Bertz CT molecular complexity index is 649. The molecule has 1 heterocycles. The molecule has 0 amide bonds. The van der Waals surface area contributed by atoms with Gasteiger partial charge in [-0.15, -0.1) is 0 Å². The number of H-pyrrole nitrogens is 1. The van der Waals surface area contributed by atoms with E-state index in [9.17, 15) is 14.7 Å². The number of benzene rings is 1. The molecule has 0 bridgehead atoms. The standard InChI is InChI=1S/C13H12N2O4/c1-2-19-13(18)9-11(16)10(14-15-12(9)17)8-6-4-3-5-7-8/h3-7H,2H2,1H3,(H2,15,16,17).